The van der Waals surface area contributed by atoms with Gasteiger partial charge in [0.2, 0.25) is 5.91 Å². The van der Waals surface area contributed by atoms with E-state index in [4.69, 9.17) is 0 Å². The van der Waals surface area contributed by atoms with Crippen LogP contribution >= 0.6 is 15.9 Å². The van der Waals surface area contributed by atoms with Crippen molar-refractivity contribution in [2.75, 3.05) is 6.54 Å². The van der Waals surface area contributed by atoms with Crippen molar-refractivity contribution in [1.82, 2.24) is 10.6 Å². The van der Waals surface area contributed by atoms with E-state index in [9.17, 15) is 14.0 Å². The molecule has 0 radical (unpaired) electrons. The highest BCUT2D eigenvalue weighted by atomic mass is 79.9. The van der Waals surface area contributed by atoms with Crippen LogP contribution < -0.4 is 10.6 Å². The third-order valence-corrected chi connectivity index (χ3v) is 2.69. The fraction of sp³-hybridized carbons (Fsp3) is 0.333. The van der Waals surface area contributed by atoms with Gasteiger partial charge in [-0.3, -0.25) is 9.59 Å². The van der Waals surface area contributed by atoms with Gasteiger partial charge < -0.3 is 10.6 Å². The van der Waals surface area contributed by atoms with Crippen molar-refractivity contribution >= 4 is 27.7 Å². The topological polar surface area (TPSA) is 58.2 Å². The monoisotopic (exact) mass is 316 g/mol. The maximum atomic E-state index is 12.8. The van der Waals surface area contributed by atoms with Gasteiger partial charge in [-0.2, -0.15) is 0 Å². The van der Waals surface area contributed by atoms with Gasteiger partial charge in [0, 0.05) is 10.5 Å². The molecule has 0 fully saturated rings. The highest BCUT2D eigenvalue weighted by Crippen LogP contribution is 2.17. The van der Waals surface area contributed by atoms with E-state index in [1.54, 1.807) is 0 Å². The average molecular weight is 317 g/mol. The molecule has 18 heavy (non-hydrogen) atoms. The van der Waals surface area contributed by atoms with E-state index in [1.807, 2.05) is 13.8 Å². The van der Waals surface area contributed by atoms with Crippen LogP contribution in [-0.4, -0.2) is 24.4 Å². The largest absolute Gasteiger partial charge is 0.352 e. The number of hydrogen-bond acceptors (Lipinski definition) is 2. The molecular formula is C12H14BrFN2O2. The summed E-state index contributed by atoms with van der Waals surface area (Å²) in [7, 11) is 0. The molecule has 1 aromatic carbocycles. The standard InChI is InChI=1S/C12H14BrFN2O2/c1-7(2)16-11(17)6-15-12(18)9-4-3-8(14)5-10(9)13/h3-5,7H,6H2,1-2H3,(H,15,18)(H,16,17). The number of hydrogen-bond donors (Lipinski definition) is 2. The van der Waals surface area contributed by atoms with Crippen molar-refractivity contribution in [2.45, 2.75) is 19.9 Å². The van der Waals surface area contributed by atoms with Gasteiger partial charge in [0.25, 0.3) is 5.91 Å². The molecule has 6 heteroatoms. The van der Waals surface area contributed by atoms with E-state index >= 15 is 0 Å². The lowest BCUT2D eigenvalue weighted by Gasteiger charge is -2.10. The molecule has 0 saturated heterocycles. The minimum atomic E-state index is -0.434. The molecule has 0 unspecified atom stereocenters. The van der Waals surface area contributed by atoms with Crippen LogP contribution in [0.4, 0.5) is 4.39 Å². The molecule has 0 heterocycles. The molecule has 98 valence electrons. The maximum absolute atomic E-state index is 12.8. The van der Waals surface area contributed by atoms with Gasteiger partial charge in [-0.25, -0.2) is 4.39 Å². The van der Waals surface area contributed by atoms with Crippen molar-refractivity contribution in [3.63, 3.8) is 0 Å². The highest BCUT2D eigenvalue weighted by Gasteiger charge is 2.12. The van der Waals surface area contributed by atoms with E-state index in [0.717, 1.165) is 0 Å². The molecule has 0 atom stereocenters. The molecule has 0 bridgehead atoms. The van der Waals surface area contributed by atoms with Gasteiger partial charge in [0.15, 0.2) is 0 Å². The normalized spacial score (nSPS) is 10.3. The molecule has 2 amide bonds. The molecule has 0 aliphatic heterocycles. The Morgan fingerprint density at radius 3 is 2.61 bits per heavy atom. The lowest BCUT2D eigenvalue weighted by molar-refractivity contribution is -0.120. The Labute approximate surface area is 113 Å². The van der Waals surface area contributed by atoms with Crippen LogP contribution in [-0.2, 0) is 4.79 Å². The van der Waals surface area contributed by atoms with Crippen molar-refractivity contribution < 1.29 is 14.0 Å². The summed E-state index contributed by atoms with van der Waals surface area (Å²) in [5.41, 5.74) is 0.286. The molecule has 0 saturated carbocycles. The van der Waals surface area contributed by atoms with Crippen molar-refractivity contribution in [1.29, 1.82) is 0 Å². The summed E-state index contributed by atoms with van der Waals surface area (Å²) >= 11 is 3.09. The number of nitrogens with one attached hydrogen (secondary N) is 2. The summed E-state index contributed by atoms with van der Waals surface area (Å²) in [6.45, 7) is 3.55. The van der Waals surface area contributed by atoms with Crippen LogP contribution in [0, 0.1) is 5.82 Å². The number of carbonyl (C=O) groups is 2. The molecule has 2 N–H and O–H groups in total. The summed E-state index contributed by atoms with van der Waals surface area (Å²) in [5, 5.41) is 5.11. The van der Waals surface area contributed by atoms with Gasteiger partial charge in [0.05, 0.1) is 12.1 Å². The van der Waals surface area contributed by atoms with Crippen molar-refractivity contribution in [3.8, 4) is 0 Å². The second-order valence-electron chi connectivity index (χ2n) is 4.03. The first kappa shape index (κ1) is 14.6. The molecule has 0 aliphatic rings. The number of rotatable bonds is 4. The van der Waals surface area contributed by atoms with E-state index in [0.29, 0.717) is 4.47 Å². The fourth-order valence-electron chi connectivity index (χ4n) is 1.30. The summed E-state index contributed by atoms with van der Waals surface area (Å²) < 4.78 is 13.2. The predicted octanol–water partition coefficient (Wildman–Crippen LogP) is 1.84. The summed E-state index contributed by atoms with van der Waals surface area (Å²) in [6.07, 6.45) is 0. The Morgan fingerprint density at radius 1 is 1.39 bits per heavy atom. The Hall–Kier alpha value is -1.43. The summed E-state index contributed by atoms with van der Waals surface area (Å²) in [5.74, 6) is -1.13. The first-order chi connectivity index (χ1) is 8.40. The first-order valence-corrected chi connectivity index (χ1v) is 6.22. The van der Waals surface area contributed by atoms with Gasteiger partial charge in [-0.15, -0.1) is 0 Å². The van der Waals surface area contributed by atoms with Gasteiger partial charge in [-0.1, -0.05) is 0 Å². The second-order valence-corrected chi connectivity index (χ2v) is 4.88. The Bertz CT molecular complexity index is 463. The second kappa shape index (κ2) is 6.49. The minimum absolute atomic E-state index is 0.0203. The van der Waals surface area contributed by atoms with Crippen LogP contribution in [0.15, 0.2) is 22.7 Å². The maximum Gasteiger partial charge on any atom is 0.252 e. The molecule has 1 rings (SSSR count). The first-order valence-electron chi connectivity index (χ1n) is 5.42. The van der Waals surface area contributed by atoms with Gasteiger partial charge in [-0.05, 0) is 48.0 Å². The minimum Gasteiger partial charge on any atom is -0.352 e. The highest BCUT2D eigenvalue weighted by molar-refractivity contribution is 9.10. The molecular weight excluding hydrogens is 303 g/mol. The smallest absolute Gasteiger partial charge is 0.252 e. The molecule has 0 spiro atoms. The Kier molecular flexibility index (Phi) is 5.27. The fourth-order valence-corrected chi connectivity index (χ4v) is 1.83. The zero-order valence-electron chi connectivity index (χ0n) is 10.1. The van der Waals surface area contributed by atoms with Gasteiger partial charge >= 0.3 is 0 Å². The summed E-state index contributed by atoms with van der Waals surface area (Å²) in [6, 6.07) is 3.76. The Balaban J connectivity index is 2.58. The van der Waals surface area contributed by atoms with Crippen LogP contribution in [0.5, 0.6) is 0 Å². The SMILES string of the molecule is CC(C)NC(=O)CNC(=O)c1ccc(F)cc1Br. The number of benzene rings is 1. The van der Waals surface area contributed by atoms with Crippen molar-refractivity contribution in [3.05, 3.63) is 34.1 Å². The Morgan fingerprint density at radius 2 is 2.06 bits per heavy atom. The van der Waals surface area contributed by atoms with E-state index in [-0.39, 0.29) is 24.1 Å². The van der Waals surface area contributed by atoms with Crippen LogP contribution in [0.25, 0.3) is 0 Å². The summed E-state index contributed by atoms with van der Waals surface area (Å²) in [4.78, 5) is 23.1. The lowest BCUT2D eigenvalue weighted by Crippen LogP contribution is -2.39. The van der Waals surface area contributed by atoms with E-state index < -0.39 is 11.7 Å². The molecule has 0 aromatic heterocycles. The zero-order valence-corrected chi connectivity index (χ0v) is 11.7. The molecule has 0 aliphatic carbocycles. The molecule has 4 nitrogen and oxygen atoms in total. The van der Waals surface area contributed by atoms with Crippen LogP contribution in [0.3, 0.4) is 0 Å². The number of carbonyl (C=O) groups excluding carboxylic acids is 2. The quantitative estimate of drug-likeness (QED) is 0.890. The zero-order chi connectivity index (χ0) is 13.7. The lowest BCUT2D eigenvalue weighted by atomic mass is 10.2. The van der Waals surface area contributed by atoms with Gasteiger partial charge in [0.1, 0.15) is 5.82 Å². The average Bonchev–Trinajstić information content (AvgIpc) is 2.25. The third kappa shape index (κ3) is 4.44. The predicted molar refractivity (Wildman–Crippen MR) is 69.7 cm³/mol. The van der Waals surface area contributed by atoms with E-state index in [2.05, 4.69) is 26.6 Å². The number of amides is 2. The van der Waals surface area contributed by atoms with Crippen LogP contribution in [0.1, 0.15) is 24.2 Å². The van der Waals surface area contributed by atoms with Crippen molar-refractivity contribution in [2.24, 2.45) is 0 Å². The number of halogens is 2. The van der Waals surface area contributed by atoms with E-state index in [1.165, 1.54) is 18.2 Å². The molecule has 1 aromatic rings. The third-order valence-electron chi connectivity index (χ3n) is 2.03. The van der Waals surface area contributed by atoms with Crippen LogP contribution in [0.2, 0.25) is 0 Å².